The van der Waals surface area contributed by atoms with Gasteiger partial charge in [-0.05, 0) is 37.8 Å². The van der Waals surface area contributed by atoms with E-state index in [0.29, 0.717) is 0 Å². The Morgan fingerprint density at radius 3 is 2.67 bits per heavy atom. The molecule has 0 bridgehead atoms. The van der Waals surface area contributed by atoms with Crippen molar-refractivity contribution >= 4 is 5.91 Å². The lowest BCUT2D eigenvalue weighted by Crippen LogP contribution is -2.34. The average molecular weight is 284 g/mol. The van der Waals surface area contributed by atoms with Gasteiger partial charge in [-0.3, -0.25) is 4.79 Å². The molecule has 0 fully saturated rings. The Morgan fingerprint density at radius 2 is 2.05 bits per heavy atom. The molecule has 0 saturated carbocycles. The largest absolute Gasteiger partial charge is 0.346 e. The zero-order valence-corrected chi connectivity index (χ0v) is 12.4. The maximum atomic E-state index is 12.5. The molecule has 0 spiro atoms. The van der Waals surface area contributed by atoms with Crippen LogP contribution in [-0.2, 0) is 24.2 Å². The highest BCUT2D eigenvalue weighted by Gasteiger charge is 2.28. The molecule has 5 nitrogen and oxygen atoms in total. The van der Waals surface area contributed by atoms with Crippen molar-refractivity contribution in [1.82, 2.24) is 20.1 Å². The summed E-state index contributed by atoms with van der Waals surface area (Å²) in [6, 6.07) is 8.17. The fraction of sp³-hybridized carbons (Fsp3) is 0.438. The number of carbonyl (C=O) groups is 1. The smallest absolute Gasteiger partial charge is 0.224 e. The first-order valence-corrected chi connectivity index (χ1v) is 7.44. The third kappa shape index (κ3) is 2.68. The van der Waals surface area contributed by atoms with E-state index in [1.807, 2.05) is 30.7 Å². The standard InChI is InChI=1S/C16H20N4O/c1-3-20-15(17-10-18-20)11(2)19-16(21)14-8-12-6-4-5-7-13(12)9-14/h4-7,10-11,14H,3,8-9H2,1-2H3,(H,19,21). The van der Waals surface area contributed by atoms with Gasteiger partial charge in [0.15, 0.2) is 0 Å². The number of hydrogen-bond donors (Lipinski definition) is 1. The molecule has 1 aliphatic rings. The molecule has 1 aliphatic carbocycles. The van der Waals surface area contributed by atoms with Crippen LogP contribution in [0.4, 0.5) is 0 Å². The lowest BCUT2D eigenvalue weighted by atomic mass is 10.1. The fourth-order valence-electron chi connectivity index (χ4n) is 2.99. The van der Waals surface area contributed by atoms with E-state index in [1.54, 1.807) is 0 Å². The highest BCUT2D eigenvalue weighted by Crippen LogP contribution is 2.27. The summed E-state index contributed by atoms with van der Waals surface area (Å²) in [5.74, 6) is 0.938. The van der Waals surface area contributed by atoms with Crippen LogP contribution in [0.5, 0.6) is 0 Å². The van der Waals surface area contributed by atoms with E-state index >= 15 is 0 Å². The molecule has 1 unspecified atom stereocenters. The minimum atomic E-state index is -0.122. The van der Waals surface area contributed by atoms with Crippen LogP contribution in [0.25, 0.3) is 0 Å². The number of nitrogens with one attached hydrogen (secondary N) is 1. The van der Waals surface area contributed by atoms with Crippen LogP contribution in [0.2, 0.25) is 0 Å². The van der Waals surface area contributed by atoms with E-state index in [-0.39, 0.29) is 17.9 Å². The third-order valence-electron chi connectivity index (χ3n) is 4.11. The maximum Gasteiger partial charge on any atom is 0.224 e. The molecular formula is C16H20N4O. The molecular weight excluding hydrogens is 264 g/mol. The summed E-state index contributed by atoms with van der Waals surface area (Å²) in [6.45, 7) is 4.72. The highest BCUT2D eigenvalue weighted by atomic mass is 16.1. The van der Waals surface area contributed by atoms with E-state index < -0.39 is 0 Å². The van der Waals surface area contributed by atoms with Crippen LogP contribution in [0.15, 0.2) is 30.6 Å². The fourth-order valence-corrected chi connectivity index (χ4v) is 2.99. The summed E-state index contributed by atoms with van der Waals surface area (Å²) in [6.07, 6.45) is 3.19. The molecule has 0 aliphatic heterocycles. The Kier molecular flexibility index (Phi) is 3.73. The molecule has 110 valence electrons. The van der Waals surface area contributed by atoms with E-state index in [0.717, 1.165) is 25.2 Å². The van der Waals surface area contributed by atoms with Crippen molar-refractivity contribution in [3.8, 4) is 0 Å². The minimum Gasteiger partial charge on any atom is -0.346 e. The zero-order chi connectivity index (χ0) is 14.8. The van der Waals surface area contributed by atoms with Gasteiger partial charge in [-0.2, -0.15) is 5.10 Å². The number of rotatable bonds is 4. The van der Waals surface area contributed by atoms with Gasteiger partial charge in [0.1, 0.15) is 12.2 Å². The Morgan fingerprint density at radius 1 is 1.38 bits per heavy atom. The van der Waals surface area contributed by atoms with Gasteiger partial charge in [-0.25, -0.2) is 9.67 Å². The molecule has 1 aromatic heterocycles. The van der Waals surface area contributed by atoms with Gasteiger partial charge in [0.2, 0.25) is 5.91 Å². The number of aromatic nitrogens is 3. The SMILES string of the molecule is CCn1ncnc1C(C)NC(=O)C1Cc2ccccc2C1. The van der Waals surface area contributed by atoms with E-state index in [2.05, 4.69) is 27.5 Å². The van der Waals surface area contributed by atoms with Gasteiger partial charge in [-0.1, -0.05) is 24.3 Å². The van der Waals surface area contributed by atoms with E-state index in [9.17, 15) is 4.79 Å². The van der Waals surface area contributed by atoms with Crippen LogP contribution in [0.3, 0.4) is 0 Å². The lowest BCUT2D eigenvalue weighted by molar-refractivity contribution is -0.125. The molecule has 5 heteroatoms. The first-order valence-electron chi connectivity index (χ1n) is 7.44. The molecule has 1 aromatic carbocycles. The van der Waals surface area contributed by atoms with Gasteiger partial charge < -0.3 is 5.32 Å². The normalized spacial score (nSPS) is 15.7. The van der Waals surface area contributed by atoms with Crippen molar-refractivity contribution < 1.29 is 4.79 Å². The number of carbonyl (C=O) groups excluding carboxylic acids is 1. The van der Waals surface area contributed by atoms with Crippen LogP contribution in [0, 0.1) is 5.92 Å². The maximum absolute atomic E-state index is 12.5. The third-order valence-corrected chi connectivity index (χ3v) is 4.11. The summed E-state index contributed by atoms with van der Waals surface area (Å²) >= 11 is 0. The first kappa shape index (κ1) is 13.8. The summed E-state index contributed by atoms with van der Waals surface area (Å²) in [4.78, 5) is 16.7. The van der Waals surface area contributed by atoms with E-state index in [1.165, 1.54) is 17.5 Å². The first-order chi connectivity index (χ1) is 10.2. The van der Waals surface area contributed by atoms with Crippen LogP contribution in [-0.4, -0.2) is 20.7 Å². The number of nitrogens with zero attached hydrogens (tertiary/aromatic N) is 3. The molecule has 1 heterocycles. The Bertz CT molecular complexity index is 624. The van der Waals surface area contributed by atoms with E-state index in [4.69, 9.17) is 0 Å². The molecule has 0 radical (unpaired) electrons. The Hall–Kier alpha value is -2.17. The topological polar surface area (TPSA) is 59.8 Å². The Labute approximate surface area is 124 Å². The molecule has 0 saturated heterocycles. The zero-order valence-electron chi connectivity index (χ0n) is 12.4. The predicted molar refractivity (Wildman–Crippen MR) is 79.6 cm³/mol. The van der Waals surface area contributed by atoms with Crippen LogP contribution >= 0.6 is 0 Å². The van der Waals surface area contributed by atoms with Crippen molar-refractivity contribution in [2.45, 2.75) is 39.3 Å². The van der Waals surface area contributed by atoms with Gasteiger partial charge >= 0.3 is 0 Å². The second-order valence-electron chi connectivity index (χ2n) is 5.54. The van der Waals surface area contributed by atoms with Gasteiger partial charge in [0.05, 0.1) is 6.04 Å². The van der Waals surface area contributed by atoms with Crippen molar-refractivity contribution in [1.29, 1.82) is 0 Å². The van der Waals surface area contributed by atoms with Crippen molar-refractivity contribution in [3.05, 3.63) is 47.5 Å². The second-order valence-corrected chi connectivity index (χ2v) is 5.54. The molecule has 21 heavy (non-hydrogen) atoms. The van der Waals surface area contributed by atoms with Crippen LogP contribution in [0.1, 0.15) is 36.8 Å². The monoisotopic (exact) mass is 284 g/mol. The quantitative estimate of drug-likeness (QED) is 0.932. The lowest BCUT2D eigenvalue weighted by Gasteiger charge is -2.16. The van der Waals surface area contributed by atoms with Gasteiger partial charge in [0, 0.05) is 12.5 Å². The Balaban J connectivity index is 1.65. The summed E-state index contributed by atoms with van der Waals surface area (Å²) < 4.78 is 1.81. The molecule has 1 N–H and O–H groups in total. The van der Waals surface area contributed by atoms with Gasteiger partial charge in [0.25, 0.3) is 0 Å². The number of hydrogen-bond acceptors (Lipinski definition) is 3. The molecule has 1 atom stereocenters. The molecule has 2 aromatic rings. The van der Waals surface area contributed by atoms with Gasteiger partial charge in [-0.15, -0.1) is 0 Å². The minimum absolute atomic E-state index is 0.0304. The van der Waals surface area contributed by atoms with Crippen molar-refractivity contribution in [2.75, 3.05) is 0 Å². The van der Waals surface area contributed by atoms with Crippen molar-refractivity contribution in [3.63, 3.8) is 0 Å². The molecule has 3 rings (SSSR count). The number of benzene rings is 1. The summed E-state index contributed by atoms with van der Waals surface area (Å²) in [7, 11) is 0. The van der Waals surface area contributed by atoms with Crippen molar-refractivity contribution in [2.24, 2.45) is 5.92 Å². The molecule has 1 amide bonds. The predicted octanol–water partition coefficient (Wildman–Crippen LogP) is 1.89. The second kappa shape index (κ2) is 5.68. The number of aryl methyl sites for hydroxylation is 1. The highest BCUT2D eigenvalue weighted by molar-refractivity contribution is 5.80. The summed E-state index contributed by atoms with van der Waals surface area (Å²) in [5, 5.41) is 7.22. The average Bonchev–Trinajstić information content (AvgIpc) is 3.13. The number of amides is 1. The van der Waals surface area contributed by atoms with Crippen LogP contribution < -0.4 is 5.32 Å². The number of fused-ring (bicyclic) bond motifs is 1. The summed E-state index contributed by atoms with van der Waals surface area (Å²) in [5.41, 5.74) is 2.59.